The number of benzene rings is 1. The molecule has 0 spiro atoms. The van der Waals surface area contributed by atoms with Crippen LogP contribution in [0.2, 0.25) is 0 Å². The predicted octanol–water partition coefficient (Wildman–Crippen LogP) is 3.02. The van der Waals surface area contributed by atoms with Crippen molar-refractivity contribution in [2.75, 3.05) is 13.1 Å². The molecule has 0 bridgehead atoms. The number of nitrogens with zero attached hydrogens (tertiary/aromatic N) is 1. The second-order valence-electron chi connectivity index (χ2n) is 6.95. The quantitative estimate of drug-likeness (QED) is 0.788. The molecule has 1 fully saturated rings. The van der Waals surface area contributed by atoms with Crippen LogP contribution in [0.4, 0.5) is 0 Å². The zero-order chi connectivity index (χ0) is 19.3. The van der Waals surface area contributed by atoms with Crippen LogP contribution in [0.25, 0.3) is 0 Å². The molecule has 146 valence electrons. The lowest BCUT2D eigenvalue weighted by atomic mass is 9.82. The van der Waals surface area contributed by atoms with Crippen LogP contribution in [-0.4, -0.2) is 31.7 Å². The minimum Gasteiger partial charge on any atom is -0.467 e. The SMILES string of the molecule is CC[C@@H]1CN(S(=O)(=O)c2ccccc2)CC[C@H]1CC(=O)NCc1ccco1. The van der Waals surface area contributed by atoms with Gasteiger partial charge in [0.1, 0.15) is 5.76 Å². The van der Waals surface area contributed by atoms with Gasteiger partial charge in [0.25, 0.3) is 0 Å². The summed E-state index contributed by atoms with van der Waals surface area (Å²) in [5, 5.41) is 2.88. The topological polar surface area (TPSA) is 79.6 Å². The summed E-state index contributed by atoms with van der Waals surface area (Å²) in [5.41, 5.74) is 0. The summed E-state index contributed by atoms with van der Waals surface area (Å²) in [6, 6.07) is 12.1. The Labute approximate surface area is 160 Å². The van der Waals surface area contributed by atoms with E-state index in [0.29, 0.717) is 37.4 Å². The Kier molecular flexibility index (Phi) is 6.34. The first kappa shape index (κ1) is 19.6. The van der Waals surface area contributed by atoms with Gasteiger partial charge in [0.15, 0.2) is 0 Å². The Hall–Kier alpha value is -2.12. The number of hydrogen-bond donors (Lipinski definition) is 1. The van der Waals surface area contributed by atoms with Crippen LogP contribution >= 0.6 is 0 Å². The zero-order valence-electron chi connectivity index (χ0n) is 15.5. The third kappa shape index (κ3) is 4.78. The molecule has 1 saturated heterocycles. The molecule has 2 heterocycles. The van der Waals surface area contributed by atoms with E-state index in [9.17, 15) is 13.2 Å². The summed E-state index contributed by atoms with van der Waals surface area (Å²) in [6.45, 7) is 3.34. The monoisotopic (exact) mass is 390 g/mol. The van der Waals surface area contributed by atoms with Crippen molar-refractivity contribution in [3.63, 3.8) is 0 Å². The lowest BCUT2D eigenvalue weighted by molar-refractivity contribution is -0.123. The molecular formula is C20H26N2O4S. The van der Waals surface area contributed by atoms with Crippen LogP contribution in [0.15, 0.2) is 58.0 Å². The van der Waals surface area contributed by atoms with E-state index in [0.717, 1.165) is 12.2 Å². The fraction of sp³-hybridized carbons (Fsp3) is 0.450. The predicted molar refractivity (Wildman–Crippen MR) is 102 cm³/mol. The molecular weight excluding hydrogens is 364 g/mol. The summed E-state index contributed by atoms with van der Waals surface area (Å²) in [6.07, 6.45) is 3.53. The van der Waals surface area contributed by atoms with Gasteiger partial charge in [-0.2, -0.15) is 4.31 Å². The third-order valence-corrected chi connectivity index (χ3v) is 7.13. The first-order valence-electron chi connectivity index (χ1n) is 9.35. The van der Waals surface area contributed by atoms with Gasteiger partial charge in [-0.1, -0.05) is 31.5 Å². The minimum atomic E-state index is -3.48. The summed E-state index contributed by atoms with van der Waals surface area (Å²) in [4.78, 5) is 12.6. The largest absolute Gasteiger partial charge is 0.467 e. The fourth-order valence-corrected chi connectivity index (χ4v) is 5.18. The number of carbonyl (C=O) groups is 1. The second kappa shape index (κ2) is 8.71. The maximum absolute atomic E-state index is 12.8. The first-order valence-corrected chi connectivity index (χ1v) is 10.8. The van der Waals surface area contributed by atoms with Gasteiger partial charge in [0, 0.05) is 19.5 Å². The Balaban J connectivity index is 1.58. The summed E-state index contributed by atoms with van der Waals surface area (Å²) in [7, 11) is -3.48. The number of carbonyl (C=O) groups excluding carboxylic acids is 1. The molecule has 0 radical (unpaired) electrons. The molecule has 1 aromatic heterocycles. The number of hydrogen-bond acceptors (Lipinski definition) is 4. The number of piperidine rings is 1. The molecule has 3 rings (SSSR count). The van der Waals surface area contributed by atoms with E-state index in [1.165, 1.54) is 0 Å². The number of amides is 1. The summed E-state index contributed by atoms with van der Waals surface area (Å²) in [5.74, 6) is 1.06. The van der Waals surface area contributed by atoms with Crippen molar-refractivity contribution < 1.29 is 17.6 Å². The molecule has 2 aromatic rings. The van der Waals surface area contributed by atoms with E-state index < -0.39 is 10.0 Å². The molecule has 6 nitrogen and oxygen atoms in total. The number of rotatable bonds is 7. The fourth-order valence-electron chi connectivity index (χ4n) is 3.65. The zero-order valence-corrected chi connectivity index (χ0v) is 16.3. The molecule has 1 aliphatic heterocycles. The van der Waals surface area contributed by atoms with Gasteiger partial charge < -0.3 is 9.73 Å². The Morgan fingerprint density at radius 1 is 1.19 bits per heavy atom. The standard InChI is InChI=1S/C20H26N2O4S/c1-2-16-15-22(27(24,25)19-8-4-3-5-9-19)11-10-17(16)13-20(23)21-14-18-7-6-12-26-18/h3-9,12,16-17H,2,10-11,13-15H2,1H3,(H,21,23)/t16-,17+/m1/s1. The third-order valence-electron chi connectivity index (χ3n) is 5.25. The van der Waals surface area contributed by atoms with Gasteiger partial charge in [0.2, 0.25) is 15.9 Å². The molecule has 0 aliphatic carbocycles. The molecule has 7 heteroatoms. The van der Waals surface area contributed by atoms with E-state index >= 15 is 0 Å². The molecule has 0 saturated carbocycles. The van der Waals surface area contributed by atoms with Gasteiger partial charge >= 0.3 is 0 Å². The van der Waals surface area contributed by atoms with Crippen LogP contribution in [0, 0.1) is 11.8 Å². The lowest BCUT2D eigenvalue weighted by Gasteiger charge is -2.37. The van der Waals surface area contributed by atoms with Gasteiger partial charge in [-0.15, -0.1) is 0 Å². The van der Waals surface area contributed by atoms with E-state index in [1.54, 1.807) is 47.0 Å². The Bertz CT molecular complexity index is 834. The highest BCUT2D eigenvalue weighted by Crippen LogP contribution is 2.32. The van der Waals surface area contributed by atoms with Crippen LogP contribution < -0.4 is 5.32 Å². The maximum atomic E-state index is 12.8. The number of furan rings is 1. The van der Waals surface area contributed by atoms with Crippen molar-refractivity contribution >= 4 is 15.9 Å². The Morgan fingerprint density at radius 2 is 1.96 bits per heavy atom. The number of nitrogens with one attached hydrogen (secondary N) is 1. The van der Waals surface area contributed by atoms with Crippen LogP contribution in [0.5, 0.6) is 0 Å². The highest BCUT2D eigenvalue weighted by atomic mass is 32.2. The van der Waals surface area contributed by atoms with Crippen LogP contribution in [0.1, 0.15) is 31.9 Å². The maximum Gasteiger partial charge on any atom is 0.243 e. The average Bonchev–Trinajstić information content (AvgIpc) is 3.21. The van der Waals surface area contributed by atoms with E-state index in [2.05, 4.69) is 12.2 Å². The minimum absolute atomic E-state index is 0.0192. The second-order valence-corrected chi connectivity index (χ2v) is 8.89. The van der Waals surface area contributed by atoms with E-state index in [1.807, 2.05) is 6.07 Å². The van der Waals surface area contributed by atoms with Crippen molar-refractivity contribution in [1.29, 1.82) is 0 Å². The van der Waals surface area contributed by atoms with Crippen LogP contribution in [-0.2, 0) is 21.4 Å². The van der Waals surface area contributed by atoms with Crippen LogP contribution in [0.3, 0.4) is 0 Å². The van der Waals surface area contributed by atoms with Gasteiger partial charge in [-0.3, -0.25) is 4.79 Å². The normalized spacial score (nSPS) is 21.1. The van der Waals surface area contributed by atoms with Crippen molar-refractivity contribution in [2.24, 2.45) is 11.8 Å². The van der Waals surface area contributed by atoms with Gasteiger partial charge in [-0.25, -0.2) is 8.42 Å². The highest BCUT2D eigenvalue weighted by Gasteiger charge is 2.35. The first-order chi connectivity index (χ1) is 13.0. The Morgan fingerprint density at radius 3 is 2.63 bits per heavy atom. The molecule has 1 amide bonds. The molecule has 27 heavy (non-hydrogen) atoms. The van der Waals surface area contributed by atoms with Crippen molar-refractivity contribution in [1.82, 2.24) is 9.62 Å². The lowest BCUT2D eigenvalue weighted by Crippen LogP contribution is -2.44. The molecule has 1 aromatic carbocycles. The average molecular weight is 391 g/mol. The van der Waals surface area contributed by atoms with Crippen molar-refractivity contribution in [3.8, 4) is 0 Å². The van der Waals surface area contributed by atoms with Crippen molar-refractivity contribution in [2.45, 2.75) is 37.6 Å². The van der Waals surface area contributed by atoms with E-state index in [4.69, 9.17) is 4.42 Å². The molecule has 2 atom stereocenters. The van der Waals surface area contributed by atoms with E-state index in [-0.39, 0.29) is 17.7 Å². The van der Waals surface area contributed by atoms with Crippen molar-refractivity contribution in [3.05, 3.63) is 54.5 Å². The molecule has 0 unspecified atom stereocenters. The molecule has 1 aliphatic rings. The smallest absolute Gasteiger partial charge is 0.243 e. The highest BCUT2D eigenvalue weighted by molar-refractivity contribution is 7.89. The summed E-state index contributed by atoms with van der Waals surface area (Å²) < 4.78 is 32.5. The van der Waals surface area contributed by atoms with Gasteiger partial charge in [-0.05, 0) is 42.5 Å². The number of sulfonamides is 1. The molecule has 1 N–H and O–H groups in total. The summed E-state index contributed by atoms with van der Waals surface area (Å²) >= 11 is 0. The van der Waals surface area contributed by atoms with Gasteiger partial charge in [0.05, 0.1) is 17.7 Å².